The van der Waals surface area contributed by atoms with E-state index in [1.165, 1.54) is 12.4 Å². The second kappa shape index (κ2) is 10.2. The number of aromatic nitrogens is 3. The van der Waals surface area contributed by atoms with E-state index in [0.717, 1.165) is 16.7 Å². The number of nitrogens with one attached hydrogen (secondary N) is 1. The van der Waals surface area contributed by atoms with Crippen LogP contribution in [-0.4, -0.2) is 51.3 Å². The fourth-order valence-electron chi connectivity index (χ4n) is 4.34. The van der Waals surface area contributed by atoms with Crippen molar-refractivity contribution in [2.75, 3.05) is 19.6 Å². The van der Waals surface area contributed by atoms with Gasteiger partial charge in [0.1, 0.15) is 5.69 Å². The summed E-state index contributed by atoms with van der Waals surface area (Å²) in [6, 6.07) is 12.2. The van der Waals surface area contributed by atoms with Gasteiger partial charge in [-0.15, -0.1) is 6.58 Å². The molecule has 33 heavy (non-hydrogen) atoms. The maximum absolute atomic E-state index is 13.3. The molecule has 3 heterocycles. The molecule has 0 atom stereocenters. The first-order chi connectivity index (χ1) is 16.1. The lowest BCUT2D eigenvalue weighted by molar-refractivity contribution is -0.133. The number of nitrogens with zero attached hydrogens (tertiary/aromatic N) is 4. The van der Waals surface area contributed by atoms with Gasteiger partial charge in [0.2, 0.25) is 5.91 Å². The smallest absolute Gasteiger partial charge is 0.274 e. The normalized spacial score (nSPS) is 15.0. The average molecular weight is 442 g/mol. The van der Waals surface area contributed by atoms with E-state index in [1.54, 1.807) is 29.6 Å². The standard InChI is InChI=1S/C26H27N5O2/c1-2-10-30-25(33)26(8-15-31(16-9-26)24(32)23-19-28-13-14-29-23)18-20-4-3-5-22(17-20)21-6-11-27-12-7-21/h2-7,11-14,17,19H,1,8-10,15-16,18H2,(H,30,33). The Bertz CT molecular complexity index is 1110. The van der Waals surface area contributed by atoms with Gasteiger partial charge >= 0.3 is 0 Å². The van der Waals surface area contributed by atoms with Crippen molar-refractivity contribution in [1.29, 1.82) is 0 Å². The zero-order valence-electron chi connectivity index (χ0n) is 18.5. The van der Waals surface area contributed by atoms with E-state index in [2.05, 4.69) is 45.0 Å². The highest BCUT2D eigenvalue weighted by atomic mass is 16.2. The minimum absolute atomic E-state index is 0.00307. The fourth-order valence-corrected chi connectivity index (χ4v) is 4.34. The average Bonchev–Trinajstić information content (AvgIpc) is 2.88. The van der Waals surface area contributed by atoms with Gasteiger partial charge in [0, 0.05) is 44.4 Å². The van der Waals surface area contributed by atoms with Crippen molar-refractivity contribution in [3.63, 3.8) is 0 Å². The maximum atomic E-state index is 13.3. The number of piperidine rings is 1. The molecule has 0 bridgehead atoms. The van der Waals surface area contributed by atoms with Gasteiger partial charge in [0.25, 0.3) is 5.91 Å². The summed E-state index contributed by atoms with van der Waals surface area (Å²) in [4.78, 5) is 40.1. The summed E-state index contributed by atoms with van der Waals surface area (Å²) in [5.41, 5.74) is 2.99. The lowest BCUT2D eigenvalue weighted by Crippen LogP contribution is -2.51. The highest BCUT2D eigenvalue weighted by molar-refractivity contribution is 5.92. The molecule has 0 spiro atoms. The highest BCUT2D eigenvalue weighted by Gasteiger charge is 2.42. The van der Waals surface area contributed by atoms with Crippen LogP contribution >= 0.6 is 0 Å². The molecule has 1 aliphatic rings. The van der Waals surface area contributed by atoms with Crippen molar-refractivity contribution in [3.05, 3.63) is 91.3 Å². The Morgan fingerprint density at radius 1 is 1.03 bits per heavy atom. The molecule has 1 N–H and O–H groups in total. The number of hydrogen-bond donors (Lipinski definition) is 1. The van der Waals surface area contributed by atoms with E-state index in [-0.39, 0.29) is 11.8 Å². The molecular weight excluding hydrogens is 414 g/mol. The van der Waals surface area contributed by atoms with Crippen molar-refractivity contribution in [3.8, 4) is 11.1 Å². The number of pyridine rings is 1. The van der Waals surface area contributed by atoms with Gasteiger partial charge in [-0.2, -0.15) is 0 Å². The van der Waals surface area contributed by atoms with Gasteiger partial charge in [-0.1, -0.05) is 30.3 Å². The number of likely N-dealkylation sites (tertiary alicyclic amines) is 1. The Labute approximate surface area is 193 Å². The summed E-state index contributed by atoms with van der Waals surface area (Å²) in [6.07, 6.45) is 11.5. The second-order valence-electron chi connectivity index (χ2n) is 8.27. The third-order valence-corrected chi connectivity index (χ3v) is 6.16. The van der Waals surface area contributed by atoms with E-state index < -0.39 is 5.41 Å². The summed E-state index contributed by atoms with van der Waals surface area (Å²) in [7, 11) is 0. The molecule has 7 heteroatoms. The maximum Gasteiger partial charge on any atom is 0.274 e. The first kappa shape index (κ1) is 22.3. The van der Waals surface area contributed by atoms with Crippen molar-refractivity contribution >= 4 is 11.8 Å². The molecule has 0 saturated carbocycles. The molecule has 1 fully saturated rings. The molecule has 4 rings (SSSR count). The van der Waals surface area contributed by atoms with Gasteiger partial charge in [-0.05, 0) is 48.1 Å². The van der Waals surface area contributed by atoms with E-state index >= 15 is 0 Å². The molecular formula is C26H27N5O2. The number of benzene rings is 1. The fraction of sp³-hybridized carbons (Fsp3) is 0.269. The topological polar surface area (TPSA) is 88.1 Å². The molecule has 7 nitrogen and oxygen atoms in total. The minimum atomic E-state index is -0.598. The van der Waals surface area contributed by atoms with Crippen LogP contribution in [0.2, 0.25) is 0 Å². The van der Waals surface area contributed by atoms with Gasteiger partial charge in [-0.3, -0.25) is 19.6 Å². The Morgan fingerprint density at radius 2 is 1.82 bits per heavy atom. The Kier molecular flexibility index (Phi) is 6.88. The van der Waals surface area contributed by atoms with Crippen LogP contribution in [0.15, 0.2) is 80.0 Å². The minimum Gasteiger partial charge on any atom is -0.352 e. The van der Waals surface area contributed by atoms with Crippen LogP contribution in [-0.2, 0) is 11.2 Å². The quantitative estimate of drug-likeness (QED) is 0.569. The van der Waals surface area contributed by atoms with Crippen molar-refractivity contribution in [2.24, 2.45) is 5.41 Å². The van der Waals surface area contributed by atoms with Gasteiger partial charge in [-0.25, -0.2) is 4.98 Å². The van der Waals surface area contributed by atoms with E-state index in [9.17, 15) is 9.59 Å². The molecule has 0 radical (unpaired) electrons. The van der Waals surface area contributed by atoms with Gasteiger partial charge in [0.15, 0.2) is 0 Å². The van der Waals surface area contributed by atoms with Crippen molar-refractivity contribution in [2.45, 2.75) is 19.3 Å². The molecule has 168 valence electrons. The second-order valence-corrected chi connectivity index (χ2v) is 8.27. The van der Waals surface area contributed by atoms with Crippen LogP contribution in [0.4, 0.5) is 0 Å². The zero-order valence-corrected chi connectivity index (χ0v) is 18.5. The van der Waals surface area contributed by atoms with E-state index in [1.807, 2.05) is 18.2 Å². The van der Waals surface area contributed by atoms with Crippen LogP contribution < -0.4 is 5.32 Å². The summed E-state index contributed by atoms with van der Waals surface area (Å²) in [6.45, 7) is 5.10. The number of amides is 2. The van der Waals surface area contributed by atoms with Crippen molar-refractivity contribution < 1.29 is 9.59 Å². The molecule has 3 aromatic rings. The third kappa shape index (κ3) is 5.14. The molecule has 2 amide bonds. The molecule has 0 aliphatic carbocycles. The van der Waals surface area contributed by atoms with Crippen LogP contribution in [0.25, 0.3) is 11.1 Å². The summed E-state index contributed by atoms with van der Waals surface area (Å²) >= 11 is 0. The van der Waals surface area contributed by atoms with E-state index in [0.29, 0.717) is 44.6 Å². The third-order valence-electron chi connectivity index (χ3n) is 6.16. The first-order valence-corrected chi connectivity index (χ1v) is 11.1. The Balaban J connectivity index is 1.54. The first-order valence-electron chi connectivity index (χ1n) is 11.1. The molecule has 1 aliphatic heterocycles. The molecule has 1 aromatic carbocycles. The molecule has 1 saturated heterocycles. The number of carbonyl (C=O) groups excluding carboxylic acids is 2. The van der Waals surface area contributed by atoms with Crippen LogP contribution in [0.3, 0.4) is 0 Å². The van der Waals surface area contributed by atoms with Crippen LogP contribution in [0.5, 0.6) is 0 Å². The lowest BCUT2D eigenvalue weighted by Gasteiger charge is -2.40. The Hall–Kier alpha value is -3.87. The predicted molar refractivity (Wildman–Crippen MR) is 126 cm³/mol. The lowest BCUT2D eigenvalue weighted by atomic mass is 9.72. The summed E-state index contributed by atoms with van der Waals surface area (Å²) < 4.78 is 0. The number of hydrogen-bond acceptors (Lipinski definition) is 5. The van der Waals surface area contributed by atoms with E-state index in [4.69, 9.17) is 0 Å². The van der Waals surface area contributed by atoms with Gasteiger partial charge in [0.05, 0.1) is 11.6 Å². The summed E-state index contributed by atoms with van der Waals surface area (Å²) in [5.74, 6) is -0.147. The summed E-state index contributed by atoms with van der Waals surface area (Å²) in [5, 5.41) is 2.99. The van der Waals surface area contributed by atoms with Crippen LogP contribution in [0.1, 0.15) is 28.9 Å². The molecule has 0 unspecified atom stereocenters. The predicted octanol–water partition coefficient (Wildman–Crippen LogP) is 3.31. The van der Waals surface area contributed by atoms with Gasteiger partial charge < -0.3 is 10.2 Å². The number of rotatable bonds is 7. The SMILES string of the molecule is C=CCNC(=O)C1(Cc2cccc(-c3ccncc3)c2)CCN(C(=O)c2cnccn2)CC1. The van der Waals surface area contributed by atoms with Crippen molar-refractivity contribution in [1.82, 2.24) is 25.2 Å². The highest BCUT2D eigenvalue weighted by Crippen LogP contribution is 2.37. The number of carbonyl (C=O) groups is 2. The zero-order chi connectivity index (χ0) is 23.1. The molecule has 2 aromatic heterocycles. The van der Waals surface area contributed by atoms with Crippen LogP contribution in [0, 0.1) is 5.41 Å². The monoisotopic (exact) mass is 441 g/mol. The Morgan fingerprint density at radius 3 is 2.52 bits per heavy atom. The largest absolute Gasteiger partial charge is 0.352 e.